The van der Waals surface area contributed by atoms with Crippen LogP contribution in [0.1, 0.15) is 62.1 Å². The molecule has 0 aromatic heterocycles. The number of fused-ring (bicyclic) bond motifs is 1. The number of benzene rings is 2. The van der Waals surface area contributed by atoms with Crippen molar-refractivity contribution in [3.05, 3.63) is 47.0 Å². The third-order valence-electron chi connectivity index (χ3n) is 5.80. The monoisotopic (exact) mass is 386 g/mol. The van der Waals surface area contributed by atoms with E-state index in [0.29, 0.717) is 17.7 Å². The molecule has 0 fully saturated rings. The quantitative estimate of drug-likeness (QED) is 0.448. The first kappa shape index (κ1) is 20.3. The van der Waals surface area contributed by atoms with Crippen LogP contribution in [0.2, 0.25) is 0 Å². The van der Waals surface area contributed by atoms with Crippen molar-refractivity contribution in [2.45, 2.75) is 70.5 Å². The Balaban J connectivity index is 2.09. The van der Waals surface area contributed by atoms with Gasteiger partial charge in [-0.05, 0) is 55.5 Å². The molecule has 5 heteroatoms. The lowest BCUT2D eigenvalue weighted by Gasteiger charge is -2.39. The minimum absolute atomic E-state index is 0.126. The molecule has 0 radical (unpaired) electrons. The van der Waals surface area contributed by atoms with Gasteiger partial charge in [-0.2, -0.15) is 0 Å². The van der Waals surface area contributed by atoms with Crippen LogP contribution in [-0.4, -0.2) is 32.1 Å². The van der Waals surface area contributed by atoms with Crippen LogP contribution in [-0.2, 0) is 6.42 Å². The van der Waals surface area contributed by atoms with Crippen LogP contribution in [0.15, 0.2) is 30.3 Å². The van der Waals surface area contributed by atoms with Gasteiger partial charge in [0.2, 0.25) is 0 Å². The minimum atomic E-state index is -0.735. The highest BCUT2D eigenvalue weighted by molar-refractivity contribution is 5.49. The summed E-state index contributed by atoms with van der Waals surface area (Å²) in [5.74, 6) is -0.0312. The fourth-order valence-corrected chi connectivity index (χ4v) is 4.35. The average Bonchev–Trinajstić information content (AvgIpc) is 2.72. The van der Waals surface area contributed by atoms with Crippen molar-refractivity contribution >= 4 is 0 Å². The van der Waals surface area contributed by atoms with E-state index in [-0.39, 0.29) is 17.2 Å². The molecular formula is C23H30O5. The van der Waals surface area contributed by atoms with Gasteiger partial charge in [0.15, 0.2) is 11.5 Å². The van der Waals surface area contributed by atoms with E-state index in [1.165, 1.54) is 6.07 Å². The summed E-state index contributed by atoms with van der Waals surface area (Å²) in [6.07, 6.45) is 3.42. The van der Waals surface area contributed by atoms with Crippen LogP contribution in [0.25, 0.3) is 0 Å². The number of aliphatic hydroxyl groups excluding tert-OH is 1. The third kappa shape index (κ3) is 3.90. The SMILES string of the molecule is CCCCC[C@]1(C)Oc2cc(O)ccc2CC(O)C1c1cc(C)c(O)c(O)c1. The van der Waals surface area contributed by atoms with Crippen LogP contribution in [0.5, 0.6) is 23.0 Å². The second kappa shape index (κ2) is 7.92. The fraction of sp³-hybridized carbons (Fsp3) is 0.478. The molecule has 0 amide bonds. The molecule has 2 aromatic rings. The predicted octanol–water partition coefficient (Wildman–Crippen LogP) is 4.53. The number of hydrogen-bond donors (Lipinski definition) is 4. The van der Waals surface area contributed by atoms with E-state index in [2.05, 4.69) is 6.92 Å². The third-order valence-corrected chi connectivity index (χ3v) is 5.80. The van der Waals surface area contributed by atoms with Gasteiger partial charge in [0, 0.05) is 18.4 Å². The summed E-state index contributed by atoms with van der Waals surface area (Å²) in [4.78, 5) is 0. The molecule has 2 unspecified atom stereocenters. The van der Waals surface area contributed by atoms with Crippen molar-refractivity contribution in [1.29, 1.82) is 0 Å². The molecule has 5 nitrogen and oxygen atoms in total. The molecule has 0 aliphatic carbocycles. The van der Waals surface area contributed by atoms with Crippen LogP contribution in [0.4, 0.5) is 0 Å². The second-order valence-electron chi connectivity index (χ2n) is 8.12. The molecule has 28 heavy (non-hydrogen) atoms. The van der Waals surface area contributed by atoms with E-state index >= 15 is 0 Å². The highest BCUT2D eigenvalue weighted by atomic mass is 16.5. The molecule has 1 heterocycles. The largest absolute Gasteiger partial charge is 0.508 e. The summed E-state index contributed by atoms with van der Waals surface area (Å²) in [7, 11) is 0. The first-order valence-corrected chi connectivity index (χ1v) is 9.96. The van der Waals surface area contributed by atoms with Crippen molar-refractivity contribution in [2.24, 2.45) is 0 Å². The normalized spacial score (nSPS) is 24.3. The number of phenols is 3. The molecule has 2 aromatic carbocycles. The first-order chi connectivity index (χ1) is 13.2. The number of phenolic OH excluding ortho intramolecular Hbond substituents is 3. The van der Waals surface area contributed by atoms with E-state index in [1.54, 1.807) is 31.2 Å². The van der Waals surface area contributed by atoms with Gasteiger partial charge in [-0.3, -0.25) is 0 Å². The average molecular weight is 386 g/mol. The van der Waals surface area contributed by atoms with Crippen molar-refractivity contribution in [2.75, 3.05) is 0 Å². The molecule has 3 atom stereocenters. The van der Waals surface area contributed by atoms with E-state index in [0.717, 1.165) is 36.8 Å². The van der Waals surface area contributed by atoms with Crippen molar-refractivity contribution in [3.63, 3.8) is 0 Å². The maximum atomic E-state index is 11.2. The van der Waals surface area contributed by atoms with Crippen molar-refractivity contribution in [3.8, 4) is 23.0 Å². The zero-order valence-electron chi connectivity index (χ0n) is 16.8. The van der Waals surface area contributed by atoms with Gasteiger partial charge in [0.05, 0.1) is 6.10 Å². The molecule has 4 N–H and O–H groups in total. The van der Waals surface area contributed by atoms with Crippen LogP contribution >= 0.6 is 0 Å². The molecule has 0 saturated carbocycles. The van der Waals surface area contributed by atoms with Gasteiger partial charge >= 0.3 is 0 Å². The lowest BCUT2D eigenvalue weighted by atomic mass is 9.75. The van der Waals surface area contributed by atoms with Crippen molar-refractivity contribution < 1.29 is 25.2 Å². The Labute approximate surface area is 166 Å². The maximum Gasteiger partial charge on any atom is 0.160 e. The molecule has 0 spiro atoms. The number of unbranched alkanes of at least 4 members (excludes halogenated alkanes) is 2. The molecule has 0 saturated heterocycles. The van der Waals surface area contributed by atoms with Gasteiger partial charge in [-0.1, -0.05) is 31.9 Å². The summed E-state index contributed by atoms with van der Waals surface area (Å²) in [5, 5.41) is 41.2. The Bertz CT molecular complexity index is 824. The predicted molar refractivity (Wildman–Crippen MR) is 108 cm³/mol. The number of aliphatic hydroxyl groups is 1. The van der Waals surface area contributed by atoms with Crippen molar-refractivity contribution in [1.82, 2.24) is 0 Å². The Morgan fingerprint density at radius 2 is 1.86 bits per heavy atom. The number of aryl methyl sites for hydroxylation is 1. The number of ether oxygens (including phenoxy) is 1. The van der Waals surface area contributed by atoms with Gasteiger partial charge in [0.1, 0.15) is 17.1 Å². The molecular weight excluding hydrogens is 356 g/mol. The standard InChI is InChI=1S/C23H30O5/c1-4-5-6-9-23(3)21(16-10-14(2)22(27)19(26)12-16)18(25)11-15-7-8-17(24)13-20(15)28-23/h7-8,10,12-13,18,21,24-27H,4-6,9,11H2,1-3H3/t18?,21?,23-/m0/s1. The highest BCUT2D eigenvalue weighted by Gasteiger charge is 2.44. The van der Waals surface area contributed by atoms with E-state index < -0.39 is 17.6 Å². The van der Waals surface area contributed by atoms with Gasteiger partial charge < -0.3 is 25.2 Å². The summed E-state index contributed by atoms with van der Waals surface area (Å²) < 4.78 is 6.46. The van der Waals surface area contributed by atoms with Gasteiger partial charge in [0.25, 0.3) is 0 Å². The summed E-state index contributed by atoms with van der Waals surface area (Å²) in [5.41, 5.74) is 1.40. The minimum Gasteiger partial charge on any atom is -0.508 e. The number of aromatic hydroxyl groups is 3. The smallest absolute Gasteiger partial charge is 0.160 e. The van der Waals surface area contributed by atoms with Gasteiger partial charge in [-0.25, -0.2) is 0 Å². The van der Waals surface area contributed by atoms with Crippen LogP contribution in [0.3, 0.4) is 0 Å². The molecule has 152 valence electrons. The van der Waals surface area contributed by atoms with E-state index in [9.17, 15) is 20.4 Å². The topological polar surface area (TPSA) is 90.2 Å². The summed E-state index contributed by atoms with van der Waals surface area (Å²) in [6.45, 7) is 5.84. The molecule has 3 rings (SSSR count). The lowest BCUT2D eigenvalue weighted by molar-refractivity contribution is 0.000510. The Hall–Kier alpha value is -2.40. The number of rotatable bonds is 5. The molecule has 1 aliphatic heterocycles. The highest BCUT2D eigenvalue weighted by Crippen LogP contribution is 2.46. The molecule has 1 aliphatic rings. The molecule has 0 bridgehead atoms. The van der Waals surface area contributed by atoms with E-state index in [1.807, 2.05) is 6.92 Å². The summed E-state index contributed by atoms with van der Waals surface area (Å²) in [6, 6.07) is 8.30. The zero-order chi connectivity index (χ0) is 20.5. The Kier molecular flexibility index (Phi) is 5.75. The van der Waals surface area contributed by atoms with Gasteiger partial charge in [-0.15, -0.1) is 0 Å². The van der Waals surface area contributed by atoms with Crippen LogP contribution < -0.4 is 4.74 Å². The summed E-state index contributed by atoms with van der Waals surface area (Å²) >= 11 is 0. The maximum absolute atomic E-state index is 11.2. The fourth-order valence-electron chi connectivity index (χ4n) is 4.35. The lowest BCUT2D eigenvalue weighted by Crippen LogP contribution is -2.44. The van der Waals surface area contributed by atoms with E-state index in [4.69, 9.17) is 4.74 Å². The Morgan fingerprint density at radius 1 is 1.11 bits per heavy atom. The van der Waals surface area contributed by atoms with Crippen LogP contribution in [0, 0.1) is 6.92 Å². The Morgan fingerprint density at radius 3 is 2.54 bits per heavy atom. The zero-order valence-corrected chi connectivity index (χ0v) is 16.8. The second-order valence-corrected chi connectivity index (χ2v) is 8.12. The first-order valence-electron chi connectivity index (χ1n) is 9.96. The number of hydrogen-bond acceptors (Lipinski definition) is 5.